The molecule has 0 aliphatic heterocycles. The summed E-state index contributed by atoms with van der Waals surface area (Å²) in [6.45, 7) is 5.15. The van der Waals surface area contributed by atoms with Gasteiger partial charge in [0.1, 0.15) is 0 Å². The van der Waals surface area contributed by atoms with Gasteiger partial charge >= 0.3 is 10.8 Å². The Morgan fingerprint density at radius 2 is 2.18 bits per heavy atom. The maximum Gasteiger partial charge on any atom is 0.304 e. The number of carboxylic acids is 1. The lowest BCUT2D eigenvalue weighted by Gasteiger charge is -2.15. The molecule has 2 N–H and O–H groups in total. The zero-order valence-electron chi connectivity index (χ0n) is 10.3. The van der Waals surface area contributed by atoms with Gasteiger partial charge in [-0.3, -0.25) is 9.59 Å². The Labute approximate surface area is 104 Å². The fourth-order valence-corrected chi connectivity index (χ4v) is 2.63. The van der Waals surface area contributed by atoms with E-state index in [2.05, 4.69) is 4.98 Å². The average molecular weight is 258 g/mol. The third-order valence-corrected chi connectivity index (χ3v) is 3.33. The molecule has 0 saturated heterocycles. The number of aromatic nitrogens is 1. The van der Waals surface area contributed by atoms with Gasteiger partial charge in [0.05, 0.1) is 6.42 Å². The van der Waals surface area contributed by atoms with E-state index in [1.165, 1.54) is 11.3 Å². The van der Waals surface area contributed by atoms with Crippen molar-refractivity contribution in [3.05, 3.63) is 20.2 Å². The van der Waals surface area contributed by atoms with Crippen LogP contribution in [-0.4, -0.2) is 34.6 Å². The molecule has 0 saturated carbocycles. The smallest absolute Gasteiger partial charge is 0.304 e. The molecule has 0 aliphatic carbocycles. The van der Waals surface area contributed by atoms with Gasteiger partial charge in [-0.2, -0.15) is 0 Å². The molecule has 0 bridgehead atoms. The molecule has 6 heteroatoms. The van der Waals surface area contributed by atoms with Crippen molar-refractivity contribution in [2.24, 2.45) is 0 Å². The number of hydrogen-bond donors (Lipinski definition) is 2. The molecule has 0 atom stereocenters. The van der Waals surface area contributed by atoms with Gasteiger partial charge in [0, 0.05) is 23.7 Å². The summed E-state index contributed by atoms with van der Waals surface area (Å²) in [5.41, 5.74) is 0.960. The normalized spacial score (nSPS) is 11.4. The van der Waals surface area contributed by atoms with Crippen molar-refractivity contribution in [3.63, 3.8) is 0 Å². The molecule has 1 aromatic rings. The Balaban J connectivity index is 2.67. The van der Waals surface area contributed by atoms with Crippen LogP contribution in [0.25, 0.3) is 0 Å². The monoisotopic (exact) mass is 258 g/mol. The van der Waals surface area contributed by atoms with E-state index < -0.39 is 5.97 Å². The van der Waals surface area contributed by atoms with Crippen LogP contribution in [0.5, 0.6) is 0 Å². The maximum atomic E-state index is 11.3. The highest BCUT2D eigenvalue weighted by molar-refractivity contribution is 7.09. The van der Waals surface area contributed by atoms with Gasteiger partial charge in [-0.15, -0.1) is 0 Å². The van der Waals surface area contributed by atoms with Gasteiger partial charge in [0.2, 0.25) is 0 Å². The van der Waals surface area contributed by atoms with Crippen molar-refractivity contribution in [1.82, 2.24) is 9.88 Å². The molecule has 96 valence electrons. The highest BCUT2D eigenvalue weighted by Gasteiger charge is 2.13. The Morgan fingerprint density at radius 3 is 2.71 bits per heavy atom. The lowest BCUT2D eigenvalue weighted by Crippen LogP contribution is -2.21. The number of aliphatic carboxylic acids is 1. The third kappa shape index (κ3) is 4.32. The third-order valence-electron chi connectivity index (χ3n) is 2.45. The molecule has 1 aromatic heterocycles. The first kappa shape index (κ1) is 13.9. The van der Waals surface area contributed by atoms with Gasteiger partial charge in [-0.05, 0) is 13.0 Å². The molecular formula is C11H18N2O3S. The second-order valence-corrected chi connectivity index (χ2v) is 5.46. The minimum atomic E-state index is -0.803. The number of carboxylic acid groups (broad SMARTS) is 1. The van der Waals surface area contributed by atoms with Crippen molar-refractivity contribution in [2.45, 2.75) is 32.7 Å². The van der Waals surface area contributed by atoms with Crippen LogP contribution < -0.4 is 4.87 Å². The highest BCUT2D eigenvalue weighted by atomic mass is 32.1. The molecule has 0 radical (unpaired) electrons. The Morgan fingerprint density at radius 1 is 1.53 bits per heavy atom. The predicted octanol–water partition coefficient (Wildman–Crippen LogP) is 1.47. The summed E-state index contributed by atoms with van der Waals surface area (Å²) in [6.07, 6.45) is 0.118. The van der Waals surface area contributed by atoms with Gasteiger partial charge in [-0.1, -0.05) is 25.2 Å². The van der Waals surface area contributed by atoms with E-state index in [0.717, 1.165) is 10.6 Å². The number of nitrogens with zero attached hydrogens (tertiary/aromatic N) is 1. The van der Waals surface area contributed by atoms with Crippen LogP contribution in [-0.2, 0) is 11.3 Å². The van der Waals surface area contributed by atoms with Gasteiger partial charge < -0.3 is 15.0 Å². The molecule has 0 spiro atoms. The summed E-state index contributed by atoms with van der Waals surface area (Å²) in [7, 11) is 1.86. The number of thiazole rings is 1. The molecule has 1 rings (SSSR count). The number of nitrogens with one attached hydrogen (secondary N) is 1. The van der Waals surface area contributed by atoms with Crippen molar-refractivity contribution in [2.75, 3.05) is 13.6 Å². The first-order valence-electron chi connectivity index (χ1n) is 5.52. The highest BCUT2D eigenvalue weighted by Crippen LogP contribution is 2.20. The summed E-state index contributed by atoms with van der Waals surface area (Å²) >= 11 is 1.21. The molecular weight excluding hydrogens is 240 g/mol. The summed E-state index contributed by atoms with van der Waals surface area (Å²) in [5.74, 6) is -0.528. The number of aromatic amines is 1. The quantitative estimate of drug-likeness (QED) is 0.810. The van der Waals surface area contributed by atoms with Gasteiger partial charge in [0.15, 0.2) is 0 Å². The number of carbonyl (C=O) groups is 1. The van der Waals surface area contributed by atoms with E-state index in [0.29, 0.717) is 13.1 Å². The van der Waals surface area contributed by atoms with Crippen molar-refractivity contribution in [3.8, 4) is 0 Å². The van der Waals surface area contributed by atoms with Crippen LogP contribution >= 0.6 is 11.3 Å². The van der Waals surface area contributed by atoms with Crippen molar-refractivity contribution >= 4 is 17.3 Å². The molecule has 0 aromatic carbocycles. The Bertz CT molecular complexity index is 436. The van der Waals surface area contributed by atoms with E-state index in [9.17, 15) is 9.59 Å². The summed E-state index contributed by atoms with van der Waals surface area (Å²) < 4.78 is 0. The minimum absolute atomic E-state index is 0.0460. The molecule has 1 heterocycles. The molecule has 5 nitrogen and oxygen atoms in total. The Kier molecular flexibility index (Phi) is 4.89. The van der Waals surface area contributed by atoms with E-state index in [-0.39, 0.29) is 17.2 Å². The van der Waals surface area contributed by atoms with Crippen LogP contribution in [0.4, 0.5) is 0 Å². The van der Waals surface area contributed by atoms with Crippen LogP contribution in [0.1, 0.15) is 36.8 Å². The standard InChI is InChI=1S/C11H18N2O3S/c1-7(2)10-8(17-11(16)12-10)6-13(3)5-4-9(14)15/h7H,4-6H2,1-3H3,(H,12,16)(H,14,15). The molecule has 17 heavy (non-hydrogen) atoms. The predicted molar refractivity (Wildman–Crippen MR) is 67.6 cm³/mol. The number of H-pyrrole nitrogens is 1. The van der Waals surface area contributed by atoms with Gasteiger partial charge in [0.25, 0.3) is 0 Å². The Hall–Kier alpha value is -1.14. The summed E-state index contributed by atoms with van der Waals surface area (Å²) in [5, 5.41) is 8.60. The SMILES string of the molecule is CC(C)c1[nH]c(=O)sc1CN(C)CCC(=O)O. The zero-order valence-corrected chi connectivity index (χ0v) is 11.1. The molecule has 0 amide bonds. The largest absolute Gasteiger partial charge is 0.481 e. The summed E-state index contributed by atoms with van der Waals surface area (Å²) in [6, 6.07) is 0. The zero-order chi connectivity index (χ0) is 13.0. The van der Waals surface area contributed by atoms with Gasteiger partial charge in [-0.25, -0.2) is 0 Å². The fourth-order valence-electron chi connectivity index (χ4n) is 1.57. The fraction of sp³-hybridized carbons (Fsp3) is 0.636. The van der Waals surface area contributed by atoms with Crippen LogP contribution in [0.2, 0.25) is 0 Å². The lowest BCUT2D eigenvalue weighted by molar-refractivity contribution is -0.137. The number of hydrogen-bond acceptors (Lipinski definition) is 4. The molecule has 0 fully saturated rings. The lowest BCUT2D eigenvalue weighted by atomic mass is 10.1. The topological polar surface area (TPSA) is 73.4 Å². The van der Waals surface area contributed by atoms with Crippen molar-refractivity contribution < 1.29 is 9.90 Å². The number of rotatable bonds is 6. The first-order valence-corrected chi connectivity index (χ1v) is 6.34. The van der Waals surface area contributed by atoms with Crippen LogP contribution in [0.15, 0.2) is 4.79 Å². The van der Waals surface area contributed by atoms with Crippen LogP contribution in [0.3, 0.4) is 0 Å². The average Bonchev–Trinajstić information content (AvgIpc) is 2.56. The van der Waals surface area contributed by atoms with E-state index >= 15 is 0 Å². The summed E-state index contributed by atoms with van der Waals surface area (Å²) in [4.78, 5) is 27.5. The first-order chi connectivity index (χ1) is 7.90. The van der Waals surface area contributed by atoms with Crippen LogP contribution in [0, 0.1) is 0 Å². The minimum Gasteiger partial charge on any atom is -0.481 e. The maximum absolute atomic E-state index is 11.3. The second kappa shape index (κ2) is 5.97. The van der Waals surface area contributed by atoms with Crippen molar-refractivity contribution in [1.29, 1.82) is 0 Å². The second-order valence-electron chi connectivity index (χ2n) is 4.39. The van der Waals surface area contributed by atoms with E-state index in [1.54, 1.807) is 0 Å². The van der Waals surface area contributed by atoms with E-state index in [4.69, 9.17) is 5.11 Å². The molecule has 0 aliphatic rings. The molecule has 0 unspecified atom stereocenters. The van der Waals surface area contributed by atoms with E-state index in [1.807, 2.05) is 25.8 Å².